The smallest absolute Gasteiger partial charge is 0.361 e. The molecule has 70 heavy (non-hydrogen) atoms. The van der Waals surface area contributed by atoms with Crippen molar-refractivity contribution < 1.29 is 42.9 Å². The van der Waals surface area contributed by atoms with Crippen molar-refractivity contribution in [2.75, 3.05) is 47.5 Å². The minimum atomic E-state index is -1.51. The summed E-state index contributed by atoms with van der Waals surface area (Å²) >= 11 is 0. The lowest BCUT2D eigenvalue weighted by Crippen LogP contribution is -2.40. The molecule has 9 nitrogen and oxygen atoms in total. The monoisotopic (exact) mass is 979 g/mol. The Kier molecular flexibility index (Phi) is 48.8. The van der Waals surface area contributed by atoms with Crippen LogP contribution >= 0.6 is 0 Å². The van der Waals surface area contributed by atoms with E-state index in [9.17, 15) is 19.5 Å². The number of unbranched alkanes of at least 4 members (excludes halogenated alkanes) is 19. The van der Waals surface area contributed by atoms with Crippen molar-refractivity contribution in [1.82, 2.24) is 0 Å². The number of rotatable bonds is 50. The zero-order valence-electron chi connectivity index (χ0n) is 45.4. The Morgan fingerprint density at radius 1 is 0.443 bits per heavy atom. The van der Waals surface area contributed by atoms with Crippen LogP contribution in [0, 0.1) is 0 Å². The first kappa shape index (κ1) is 66.2. The number of likely N-dealkylation sites (N-methyl/N-ethyl adjacent to an activating group) is 1. The van der Waals surface area contributed by atoms with Crippen LogP contribution in [0.4, 0.5) is 0 Å². The van der Waals surface area contributed by atoms with E-state index < -0.39 is 24.3 Å². The van der Waals surface area contributed by atoms with Gasteiger partial charge in [-0.3, -0.25) is 9.59 Å². The molecule has 0 radical (unpaired) electrons. The normalized spacial score (nSPS) is 13.6. The predicted molar refractivity (Wildman–Crippen MR) is 295 cm³/mol. The summed E-state index contributed by atoms with van der Waals surface area (Å²) in [5.74, 6) is -2.02. The molecule has 0 rings (SSSR count). The van der Waals surface area contributed by atoms with Crippen LogP contribution < -0.4 is 0 Å². The topological polar surface area (TPSA) is 108 Å². The molecule has 400 valence electrons. The van der Waals surface area contributed by atoms with Gasteiger partial charge in [-0.05, 0) is 77.0 Å². The van der Waals surface area contributed by atoms with Gasteiger partial charge in [-0.1, -0.05) is 220 Å². The molecule has 0 aromatic rings. The molecule has 0 aliphatic rings. The molecule has 2 atom stereocenters. The van der Waals surface area contributed by atoms with Crippen molar-refractivity contribution >= 4 is 17.9 Å². The lowest BCUT2D eigenvalue weighted by molar-refractivity contribution is -0.870. The zero-order chi connectivity index (χ0) is 51.3. The standard InChI is InChI=1S/C61H103NO8/c1-6-8-10-12-14-16-17-18-19-20-21-22-23-24-25-26-27-28-29-30-31-32-33-34-35-36-37-38-39-40-41-42-43-44-46-48-50-52-59(64)70-57(56-69-61(60(65)66)67-54-53-62(3,4)5)55-68-58(63)51-49-47-45-15-13-11-9-7-2/h8,10,14,16,18-19,21-22,24-25,27-28,30-31,33-34,57,61H,6-7,9,11-13,15,17,20,23,26,29,32,35-56H2,1-5H3/p+1/b10-8-,16-14-,19-18-,22-21-,25-24-,28-27-,31-30-,34-33-. The van der Waals surface area contributed by atoms with Crippen LogP contribution in [0.3, 0.4) is 0 Å². The highest BCUT2D eigenvalue weighted by Crippen LogP contribution is 2.15. The van der Waals surface area contributed by atoms with Gasteiger partial charge < -0.3 is 28.5 Å². The van der Waals surface area contributed by atoms with Crippen LogP contribution in [0.1, 0.15) is 213 Å². The molecule has 0 aliphatic heterocycles. The van der Waals surface area contributed by atoms with Crippen LogP contribution in [-0.4, -0.2) is 87.4 Å². The third-order valence-corrected chi connectivity index (χ3v) is 11.6. The SMILES string of the molecule is CC/C=C\C/C=C\C/C=C\C/C=C\C/C=C\C/C=C\C/C=C\C/C=C\CCCCCCCCCCCCCCC(=O)OC(COC(=O)CCCCCCCCCC)COC(OCC[N+](C)(C)C)C(=O)O. The van der Waals surface area contributed by atoms with E-state index in [0.29, 0.717) is 23.9 Å². The fraction of sp³-hybridized carbons (Fsp3) is 0.689. The number of esters is 2. The minimum Gasteiger partial charge on any atom is -0.477 e. The number of hydrogen-bond donors (Lipinski definition) is 1. The molecule has 9 heteroatoms. The highest BCUT2D eigenvalue weighted by Gasteiger charge is 2.25. The zero-order valence-corrected chi connectivity index (χ0v) is 45.4. The van der Waals surface area contributed by atoms with Crippen molar-refractivity contribution in [3.8, 4) is 0 Å². The second kappa shape index (κ2) is 51.6. The number of hydrogen-bond acceptors (Lipinski definition) is 7. The highest BCUT2D eigenvalue weighted by molar-refractivity contribution is 5.71. The van der Waals surface area contributed by atoms with E-state index >= 15 is 0 Å². The van der Waals surface area contributed by atoms with E-state index in [1.807, 2.05) is 21.1 Å². The summed E-state index contributed by atoms with van der Waals surface area (Å²) in [7, 11) is 5.95. The van der Waals surface area contributed by atoms with Crippen LogP contribution in [0.2, 0.25) is 0 Å². The lowest BCUT2D eigenvalue weighted by Gasteiger charge is -2.25. The lowest BCUT2D eigenvalue weighted by atomic mass is 10.0. The molecule has 0 aromatic carbocycles. The Morgan fingerprint density at radius 3 is 1.21 bits per heavy atom. The summed E-state index contributed by atoms with van der Waals surface area (Å²) in [6.07, 6.45) is 66.5. The maximum absolute atomic E-state index is 12.8. The van der Waals surface area contributed by atoms with E-state index in [1.165, 1.54) is 89.9 Å². The summed E-state index contributed by atoms with van der Waals surface area (Å²) < 4.78 is 22.7. The Morgan fingerprint density at radius 2 is 0.814 bits per heavy atom. The predicted octanol–water partition coefficient (Wildman–Crippen LogP) is 16.2. The third-order valence-electron chi connectivity index (χ3n) is 11.6. The number of carbonyl (C=O) groups is 3. The van der Waals surface area contributed by atoms with Crippen molar-refractivity contribution in [3.63, 3.8) is 0 Å². The first-order chi connectivity index (χ1) is 34.1. The van der Waals surface area contributed by atoms with Gasteiger partial charge in [0.05, 0.1) is 34.4 Å². The summed E-state index contributed by atoms with van der Waals surface area (Å²) in [4.78, 5) is 37.1. The van der Waals surface area contributed by atoms with Crippen LogP contribution in [-0.2, 0) is 33.3 Å². The molecule has 0 aliphatic carbocycles. The summed E-state index contributed by atoms with van der Waals surface area (Å²) in [6, 6.07) is 0. The van der Waals surface area contributed by atoms with Gasteiger partial charge in [-0.25, -0.2) is 4.79 Å². The molecule has 0 saturated carbocycles. The quantitative estimate of drug-likeness (QED) is 0.0211. The molecule has 0 spiro atoms. The van der Waals surface area contributed by atoms with Gasteiger partial charge in [0.15, 0.2) is 6.10 Å². The van der Waals surface area contributed by atoms with Gasteiger partial charge in [0.1, 0.15) is 13.2 Å². The number of aliphatic carboxylic acids is 1. The molecule has 2 unspecified atom stereocenters. The molecular weight excluding hydrogens is 875 g/mol. The number of carbonyl (C=O) groups excluding carboxylic acids is 2. The number of ether oxygens (including phenoxy) is 4. The molecule has 0 heterocycles. The van der Waals surface area contributed by atoms with Gasteiger partial charge in [0.2, 0.25) is 0 Å². The molecular formula is C61H104NO8+. The second-order valence-electron chi connectivity index (χ2n) is 19.5. The highest BCUT2D eigenvalue weighted by atomic mass is 16.7. The first-order valence-electron chi connectivity index (χ1n) is 27.9. The summed E-state index contributed by atoms with van der Waals surface area (Å²) in [6.45, 7) is 4.71. The number of allylic oxidation sites excluding steroid dienone is 16. The van der Waals surface area contributed by atoms with E-state index in [2.05, 4.69) is 111 Å². The molecule has 1 N–H and O–H groups in total. The van der Waals surface area contributed by atoms with Gasteiger partial charge in [0.25, 0.3) is 6.29 Å². The molecule has 0 bridgehead atoms. The molecule has 0 amide bonds. The number of nitrogens with zero attached hydrogens (tertiary/aromatic N) is 1. The fourth-order valence-electron chi connectivity index (χ4n) is 7.32. The second-order valence-corrected chi connectivity index (χ2v) is 19.5. The largest absolute Gasteiger partial charge is 0.477 e. The van der Waals surface area contributed by atoms with E-state index in [-0.39, 0.29) is 32.2 Å². The maximum Gasteiger partial charge on any atom is 0.361 e. The number of carboxylic acid groups (broad SMARTS) is 1. The minimum absolute atomic E-state index is 0.185. The van der Waals surface area contributed by atoms with Crippen LogP contribution in [0.25, 0.3) is 0 Å². The number of carboxylic acids is 1. The van der Waals surface area contributed by atoms with Gasteiger partial charge in [-0.15, -0.1) is 0 Å². The number of quaternary nitrogens is 1. The summed E-state index contributed by atoms with van der Waals surface area (Å²) in [5.41, 5.74) is 0. The van der Waals surface area contributed by atoms with Gasteiger partial charge in [0, 0.05) is 12.8 Å². The first-order valence-corrected chi connectivity index (χ1v) is 27.9. The Balaban J connectivity index is 4.05. The van der Waals surface area contributed by atoms with E-state index in [1.54, 1.807) is 0 Å². The van der Waals surface area contributed by atoms with Crippen molar-refractivity contribution in [2.24, 2.45) is 0 Å². The molecule has 0 fully saturated rings. The van der Waals surface area contributed by atoms with Gasteiger partial charge in [-0.2, -0.15) is 0 Å². The average Bonchev–Trinajstić information content (AvgIpc) is 3.33. The Labute approximate surface area is 429 Å². The molecule has 0 saturated heterocycles. The van der Waals surface area contributed by atoms with Gasteiger partial charge >= 0.3 is 17.9 Å². The van der Waals surface area contributed by atoms with E-state index in [4.69, 9.17) is 18.9 Å². The Bertz CT molecular complexity index is 1470. The summed E-state index contributed by atoms with van der Waals surface area (Å²) in [5, 5.41) is 9.65. The third kappa shape index (κ3) is 52.0. The van der Waals surface area contributed by atoms with Crippen molar-refractivity contribution in [1.29, 1.82) is 0 Å². The average molecular weight is 980 g/mol. The molecule has 0 aromatic heterocycles. The fourth-order valence-corrected chi connectivity index (χ4v) is 7.32. The van der Waals surface area contributed by atoms with Crippen molar-refractivity contribution in [3.05, 3.63) is 97.2 Å². The van der Waals surface area contributed by atoms with E-state index in [0.717, 1.165) is 89.9 Å². The maximum atomic E-state index is 12.8. The van der Waals surface area contributed by atoms with Crippen LogP contribution in [0.15, 0.2) is 97.2 Å². The van der Waals surface area contributed by atoms with Crippen LogP contribution in [0.5, 0.6) is 0 Å². The van der Waals surface area contributed by atoms with Crippen molar-refractivity contribution in [2.45, 2.75) is 225 Å². The Hall–Kier alpha value is -3.79.